The van der Waals surface area contributed by atoms with E-state index in [0.29, 0.717) is 18.0 Å². The summed E-state index contributed by atoms with van der Waals surface area (Å²) >= 11 is 0. The van der Waals surface area contributed by atoms with Gasteiger partial charge in [-0.2, -0.15) is 0 Å². The van der Waals surface area contributed by atoms with Crippen LogP contribution < -0.4 is 21.3 Å². The Bertz CT molecular complexity index is 1160. The van der Waals surface area contributed by atoms with Gasteiger partial charge in [0, 0.05) is 37.1 Å². The molecule has 4 aliphatic rings. The number of nitrogens with two attached hydrogens (primary N) is 1. The summed E-state index contributed by atoms with van der Waals surface area (Å²) in [5.74, 6) is 1.18. The highest BCUT2D eigenvalue weighted by Gasteiger charge is 2.46. The number of aromatic amines is 1. The first-order valence-electron chi connectivity index (χ1n) is 12.3. The molecule has 8 nitrogen and oxygen atoms in total. The van der Waals surface area contributed by atoms with E-state index in [1.54, 1.807) is 6.20 Å². The highest BCUT2D eigenvalue weighted by Crippen LogP contribution is 2.43. The molecule has 3 fully saturated rings. The number of carbonyl (C=O) groups is 2. The van der Waals surface area contributed by atoms with Gasteiger partial charge in [-0.1, -0.05) is 11.6 Å². The number of piperidine rings is 2. The molecule has 2 aromatic rings. The molecule has 1 atom stereocenters. The second-order valence-corrected chi connectivity index (χ2v) is 10.2. The number of allylic oxidation sites excluding steroid dienone is 1. The second kappa shape index (κ2) is 7.87. The monoisotopic (exact) mass is 448 g/mol. The van der Waals surface area contributed by atoms with E-state index in [1.165, 1.54) is 18.4 Å². The molecule has 6 rings (SSSR count). The number of H-pyrrole nitrogens is 1. The molecule has 0 aromatic carbocycles. The highest BCUT2D eigenvalue weighted by atomic mass is 16.2. The molecule has 2 aromatic heterocycles. The molecule has 174 valence electrons. The first kappa shape index (κ1) is 20.7. The van der Waals surface area contributed by atoms with Gasteiger partial charge in [0.25, 0.3) is 5.91 Å². The van der Waals surface area contributed by atoms with Crippen LogP contribution >= 0.6 is 0 Å². The van der Waals surface area contributed by atoms with Crippen LogP contribution in [0.3, 0.4) is 0 Å². The fourth-order valence-electron chi connectivity index (χ4n) is 6.50. The van der Waals surface area contributed by atoms with Crippen LogP contribution in [0.15, 0.2) is 11.8 Å². The van der Waals surface area contributed by atoms with Crippen molar-refractivity contribution < 1.29 is 9.59 Å². The fourth-order valence-corrected chi connectivity index (χ4v) is 6.50. The standard InChI is InChI=1S/C25H32N6O2/c26-22(32)18-13-29-23(31-11-1-6-25(14-31)7-10-28-24(25)33)20-17-12-16(15-4-8-27-9-5-15)2-3-19(17)30-21(18)20/h12-13,15,27,30H,1-11,14H2,(H2,26,32)(H,28,33). The maximum absolute atomic E-state index is 12.7. The zero-order chi connectivity index (χ0) is 22.6. The number of nitrogens with one attached hydrogen (secondary N) is 3. The Morgan fingerprint density at radius 1 is 1.18 bits per heavy atom. The van der Waals surface area contributed by atoms with E-state index >= 15 is 0 Å². The zero-order valence-electron chi connectivity index (χ0n) is 19.0. The Morgan fingerprint density at radius 2 is 2.03 bits per heavy atom. The Kier molecular flexibility index (Phi) is 4.94. The van der Waals surface area contributed by atoms with E-state index < -0.39 is 5.91 Å². The van der Waals surface area contributed by atoms with Crippen LogP contribution in [-0.4, -0.2) is 54.5 Å². The molecule has 0 bridgehead atoms. The van der Waals surface area contributed by atoms with Crippen molar-refractivity contribution in [1.82, 2.24) is 20.6 Å². The van der Waals surface area contributed by atoms with Gasteiger partial charge in [0.05, 0.1) is 21.9 Å². The summed E-state index contributed by atoms with van der Waals surface area (Å²) in [7, 11) is 0. The molecule has 5 heterocycles. The normalized spacial score (nSPS) is 25.9. The number of aryl methyl sites for hydroxylation is 1. The minimum atomic E-state index is -0.467. The van der Waals surface area contributed by atoms with Crippen LogP contribution in [0.1, 0.15) is 60.1 Å². The Labute approximate surface area is 193 Å². The number of anilines is 1. The maximum Gasteiger partial charge on any atom is 0.252 e. The number of aromatic nitrogens is 2. The Balaban J connectivity index is 1.47. The predicted octanol–water partition coefficient (Wildman–Crippen LogP) is 2.10. The fraction of sp³-hybridized carbons (Fsp3) is 0.560. The molecule has 2 amide bonds. The van der Waals surface area contributed by atoms with Gasteiger partial charge in [-0.15, -0.1) is 0 Å². The number of pyridine rings is 1. The molecule has 3 aliphatic heterocycles. The van der Waals surface area contributed by atoms with Crippen LogP contribution in [0.2, 0.25) is 0 Å². The Morgan fingerprint density at radius 3 is 2.79 bits per heavy atom. The summed E-state index contributed by atoms with van der Waals surface area (Å²) in [6.07, 6.45) is 11.0. The van der Waals surface area contributed by atoms with Crippen LogP contribution in [0, 0.1) is 11.3 Å². The van der Waals surface area contributed by atoms with Gasteiger partial charge in [0.2, 0.25) is 5.91 Å². The van der Waals surface area contributed by atoms with Crippen molar-refractivity contribution in [3.8, 4) is 0 Å². The van der Waals surface area contributed by atoms with Crippen molar-refractivity contribution >= 4 is 34.6 Å². The van der Waals surface area contributed by atoms with Gasteiger partial charge >= 0.3 is 0 Å². The molecule has 0 radical (unpaired) electrons. The number of fused-ring (bicyclic) bond motifs is 3. The molecular formula is C25H32N6O2. The molecule has 3 saturated heterocycles. The summed E-state index contributed by atoms with van der Waals surface area (Å²) in [5, 5.41) is 7.48. The number of hydrogen-bond acceptors (Lipinski definition) is 5. The van der Waals surface area contributed by atoms with Crippen LogP contribution in [0.25, 0.3) is 17.0 Å². The van der Waals surface area contributed by atoms with E-state index in [4.69, 9.17) is 10.7 Å². The van der Waals surface area contributed by atoms with Crippen molar-refractivity contribution in [2.24, 2.45) is 17.1 Å². The lowest BCUT2D eigenvalue weighted by molar-refractivity contribution is -0.128. The van der Waals surface area contributed by atoms with Crippen LogP contribution in [-0.2, 0) is 11.2 Å². The van der Waals surface area contributed by atoms with Crippen LogP contribution in [0.4, 0.5) is 5.82 Å². The van der Waals surface area contributed by atoms with Crippen molar-refractivity contribution in [2.75, 3.05) is 37.6 Å². The number of rotatable bonds is 3. The maximum atomic E-state index is 12.7. The summed E-state index contributed by atoms with van der Waals surface area (Å²) < 4.78 is 0. The summed E-state index contributed by atoms with van der Waals surface area (Å²) in [5.41, 5.74) is 10.4. The van der Waals surface area contributed by atoms with Gasteiger partial charge in [-0.05, 0) is 64.0 Å². The largest absolute Gasteiger partial charge is 0.365 e. The SMILES string of the molecule is NC(=O)c1cnc(N2CCCC3(CCNC3=O)C2)c2c3c([nH]c12)CCC(C1CCNCC1)=C3. The van der Waals surface area contributed by atoms with E-state index in [1.807, 2.05) is 0 Å². The van der Waals surface area contributed by atoms with E-state index in [9.17, 15) is 9.59 Å². The average Bonchev–Trinajstić information content (AvgIpc) is 3.39. The van der Waals surface area contributed by atoms with Crippen LogP contribution in [0.5, 0.6) is 0 Å². The van der Waals surface area contributed by atoms with Gasteiger partial charge < -0.3 is 26.3 Å². The molecule has 5 N–H and O–H groups in total. The lowest BCUT2D eigenvalue weighted by atomic mass is 9.78. The van der Waals surface area contributed by atoms with Crippen molar-refractivity contribution in [2.45, 2.75) is 44.9 Å². The molecule has 1 spiro atoms. The van der Waals surface area contributed by atoms with Gasteiger partial charge in [-0.3, -0.25) is 9.59 Å². The molecule has 1 aliphatic carbocycles. The predicted molar refractivity (Wildman–Crippen MR) is 128 cm³/mol. The van der Waals surface area contributed by atoms with E-state index in [0.717, 1.165) is 86.3 Å². The number of carbonyl (C=O) groups excluding carboxylic acids is 2. The molecule has 8 heteroatoms. The minimum absolute atomic E-state index is 0.168. The van der Waals surface area contributed by atoms with Crippen molar-refractivity contribution in [3.63, 3.8) is 0 Å². The Hall–Kier alpha value is -2.87. The summed E-state index contributed by atoms with van der Waals surface area (Å²) in [4.78, 5) is 35.5. The topological polar surface area (TPSA) is 116 Å². The number of amides is 2. The smallest absolute Gasteiger partial charge is 0.252 e. The van der Waals surface area contributed by atoms with Gasteiger partial charge in [-0.25, -0.2) is 4.98 Å². The van der Waals surface area contributed by atoms with E-state index in [-0.39, 0.29) is 11.3 Å². The second-order valence-electron chi connectivity index (χ2n) is 10.2. The third-order valence-corrected chi connectivity index (χ3v) is 8.30. The zero-order valence-corrected chi connectivity index (χ0v) is 19.0. The molecule has 33 heavy (non-hydrogen) atoms. The first-order chi connectivity index (χ1) is 16.1. The minimum Gasteiger partial charge on any atom is -0.365 e. The summed E-state index contributed by atoms with van der Waals surface area (Å²) in [6, 6.07) is 0. The quantitative estimate of drug-likeness (QED) is 0.574. The van der Waals surface area contributed by atoms with Gasteiger partial charge in [0.15, 0.2) is 0 Å². The number of hydrogen-bond donors (Lipinski definition) is 4. The lowest BCUT2D eigenvalue weighted by Crippen LogP contribution is -2.47. The molecule has 0 saturated carbocycles. The van der Waals surface area contributed by atoms with E-state index in [2.05, 4.69) is 26.6 Å². The first-order valence-corrected chi connectivity index (χ1v) is 12.3. The lowest BCUT2D eigenvalue weighted by Gasteiger charge is -2.39. The molecular weight excluding hydrogens is 416 g/mol. The van der Waals surface area contributed by atoms with Gasteiger partial charge in [0.1, 0.15) is 5.82 Å². The third kappa shape index (κ3) is 3.34. The average molecular weight is 449 g/mol. The number of nitrogens with zero attached hydrogens (tertiary/aromatic N) is 2. The third-order valence-electron chi connectivity index (χ3n) is 8.30. The number of primary amides is 1. The molecule has 1 unspecified atom stereocenters. The van der Waals surface area contributed by atoms with Crippen molar-refractivity contribution in [1.29, 1.82) is 0 Å². The summed E-state index contributed by atoms with van der Waals surface area (Å²) in [6.45, 7) is 4.41. The van der Waals surface area contributed by atoms with Crippen molar-refractivity contribution in [3.05, 3.63) is 28.6 Å². The highest BCUT2D eigenvalue weighted by molar-refractivity contribution is 6.10.